The van der Waals surface area contributed by atoms with E-state index in [-0.39, 0.29) is 16.1 Å². The topological polar surface area (TPSA) is 114 Å². The van der Waals surface area contributed by atoms with Crippen molar-refractivity contribution >= 4 is 27.4 Å². The second-order valence-corrected chi connectivity index (χ2v) is 9.06. The van der Waals surface area contributed by atoms with E-state index in [9.17, 15) is 18.3 Å². The van der Waals surface area contributed by atoms with Crippen molar-refractivity contribution < 1.29 is 18.3 Å². The number of rotatable bonds is 8. The molecule has 0 saturated carbocycles. The number of benzene rings is 2. The highest BCUT2D eigenvalue weighted by molar-refractivity contribution is 7.92. The summed E-state index contributed by atoms with van der Waals surface area (Å²) in [6.07, 6.45) is 1.28. The van der Waals surface area contributed by atoms with Crippen LogP contribution in [0.1, 0.15) is 29.3 Å². The zero-order chi connectivity index (χ0) is 22.4. The van der Waals surface area contributed by atoms with E-state index >= 15 is 0 Å². The minimum absolute atomic E-state index is 0.0310. The average molecular weight is 443 g/mol. The molecular formula is C22H26N4O4S. The number of piperazine rings is 1. The average Bonchev–Trinajstić information content (AvgIpc) is 2.78. The van der Waals surface area contributed by atoms with Crippen molar-refractivity contribution in [3.63, 3.8) is 0 Å². The number of hydrogen-bond donors (Lipinski definition) is 2. The molecule has 164 valence electrons. The maximum absolute atomic E-state index is 12.7. The summed E-state index contributed by atoms with van der Waals surface area (Å²) in [5, 5.41) is 18.4. The monoisotopic (exact) mass is 442 g/mol. The number of nitrogens with zero attached hydrogens (tertiary/aromatic N) is 3. The molecule has 1 heterocycles. The molecule has 2 aromatic carbocycles. The lowest BCUT2D eigenvalue weighted by Gasteiger charge is -2.36. The number of carbonyl (C=O) groups is 1. The molecule has 1 saturated heterocycles. The normalized spacial score (nSPS) is 14.8. The zero-order valence-corrected chi connectivity index (χ0v) is 18.2. The third kappa shape index (κ3) is 5.54. The number of aromatic carboxylic acids is 1. The van der Waals surface area contributed by atoms with Crippen molar-refractivity contribution in [1.29, 1.82) is 5.26 Å². The van der Waals surface area contributed by atoms with E-state index in [1.54, 1.807) is 18.2 Å². The molecule has 2 aromatic rings. The molecule has 0 aromatic heterocycles. The van der Waals surface area contributed by atoms with Gasteiger partial charge in [-0.2, -0.15) is 5.26 Å². The summed E-state index contributed by atoms with van der Waals surface area (Å²) in [4.78, 5) is 16.2. The molecule has 2 N–H and O–H groups in total. The Morgan fingerprint density at radius 1 is 1.13 bits per heavy atom. The van der Waals surface area contributed by atoms with Crippen molar-refractivity contribution in [2.75, 3.05) is 42.3 Å². The molecule has 1 fully saturated rings. The molecule has 1 aliphatic heterocycles. The lowest BCUT2D eigenvalue weighted by Crippen LogP contribution is -2.46. The lowest BCUT2D eigenvalue weighted by atomic mass is 10.1. The smallest absolute Gasteiger partial charge is 0.337 e. The molecule has 31 heavy (non-hydrogen) atoms. The third-order valence-electron chi connectivity index (χ3n) is 5.40. The van der Waals surface area contributed by atoms with E-state index in [4.69, 9.17) is 5.26 Å². The minimum atomic E-state index is -3.91. The van der Waals surface area contributed by atoms with Gasteiger partial charge in [-0.25, -0.2) is 13.2 Å². The fourth-order valence-corrected chi connectivity index (χ4v) is 4.62. The molecule has 0 aliphatic carbocycles. The molecule has 0 spiro atoms. The number of nitriles is 1. The Labute approximate surface area is 182 Å². The first-order chi connectivity index (χ1) is 14.8. The predicted octanol–water partition coefficient (Wildman–Crippen LogP) is 2.78. The van der Waals surface area contributed by atoms with Crippen LogP contribution in [0.4, 0.5) is 11.4 Å². The maximum atomic E-state index is 12.7. The number of aryl methyl sites for hydroxylation is 1. The molecule has 0 bridgehead atoms. The quantitative estimate of drug-likeness (QED) is 0.646. The van der Waals surface area contributed by atoms with Gasteiger partial charge in [0.05, 0.1) is 22.2 Å². The van der Waals surface area contributed by atoms with E-state index < -0.39 is 16.0 Å². The molecule has 0 radical (unpaired) electrons. The zero-order valence-electron chi connectivity index (χ0n) is 17.4. The molecule has 0 unspecified atom stereocenters. The van der Waals surface area contributed by atoms with Crippen molar-refractivity contribution in [3.8, 4) is 6.07 Å². The lowest BCUT2D eigenvalue weighted by molar-refractivity contribution is 0.0698. The Balaban J connectivity index is 1.78. The molecule has 1 aliphatic rings. The van der Waals surface area contributed by atoms with Gasteiger partial charge < -0.3 is 10.0 Å². The summed E-state index contributed by atoms with van der Waals surface area (Å²) in [7, 11) is -3.91. The summed E-state index contributed by atoms with van der Waals surface area (Å²) >= 11 is 0. The number of nitrogens with one attached hydrogen (secondary N) is 1. The second-order valence-electron chi connectivity index (χ2n) is 7.37. The van der Waals surface area contributed by atoms with Crippen LogP contribution in [0.3, 0.4) is 0 Å². The van der Waals surface area contributed by atoms with Crippen LogP contribution in [0.25, 0.3) is 0 Å². The van der Waals surface area contributed by atoms with Crippen molar-refractivity contribution in [2.45, 2.75) is 24.7 Å². The first-order valence-electron chi connectivity index (χ1n) is 10.2. The van der Waals surface area contributed by atoms with Gasteiger partial charge in [0.1, 0.15) is 0 Å². The fraction of sp³-hybridized carbons (Fsp3) is 0.364. The van der Waals surface area contributed by atoms with Crippen LogP contribution in [0.5, 0.6) is 0 Å². The first-order valence-corrected chi connectivity index (χ1v) is 11.7. The van der Waals surface area contributed by atoms with Crippen LogP contribution in [-0.4, -0.2) is 57.1 Å². The number of carboxylic acids is 1. The summed E-state index contributed by atoms with van der Waals surface area (Å²) < 4.78 is 27.9. The van der Waals surface area contributed by atoms with Gasteiger partial charge in [0, 0.05) is 44.8 Å². The molecule has 8 nitrogen and oxygen atoms in total. The molecule has 0 atom stereocenters. The van der Waals surface area contributed by atoms with E-state index in [0.717, 1.165) is 37.3 Å². The molecule has 0 amide bonds. The van der Waals surface area contributed by atoms with Gasteiger partial charge in [-0.05, 0) is 42.3 Å². The Bertz CT molecular complexity index is 1070. The second kappa shape index (κ2) is 9.81. The van der Waals surface area contributed by atoms with E-state index in [2.05, 4.69) is 20.6 Å². The van der Waals surface area contributed by atoms with Gasteiger partial charge in [-0.15, -0.1) is 0 Å². The number of carboxylic acid groups (broad SMARTS) is 1. The third-order valence-corrected chi connectivity index (χ3v) is 6.78. The van der Waals surface area contributed by atoms with Gasteiger partial charge in [0.2, 0.25) is 0 Å². The van der Waals surface area contributed by atoms with Gasteiger partial charge in [0.25, 0.3) is 10.0 Å². The summed E-state index contributed by atoms with van der Waals surface area (Å²) in [5.74, 6) is -1.20. The SMILES string of the molecule is CCc1ccc(S(=O)(=O)Nc2ccc(N3CCN(CCC#N)CC3)cc2C(=O)O)cc1. The maximum Gasteiger partial charge on any atom is 0.337 e. The standard InChI is InChI=1S/C22H26N4O4S/c1-2-17-4-7-19(8-5-17)31(29,30)24-21-9-6-18(16-20(21)22(27)28)26-14-12-25(13-15-26)11-3-10-23/h4-9,16,24H,2-3,11-15H2,1H3,(H,27,28). The van der Waals surface area contributed by atoms with Crippen LogP contribution < -0.4 is 9.62 Å². The summed E-state index contributed by atoms with van der Waals surface area (Å²) in [5.41, 5.74) is 1.68. The van der Waals surface area contributed by atoms with E-state index in [1.165, 1.54) is 24.3 Å². The highest BCUT2D eigenvalue weighted by atomic mass is 32.2. The number of anilines is 2. The Morgan fingerprint density at radius 3 is 2.39 bits per heavy atom. The van der Waals surface area contributed by atoms with Crippen LogP contribution in [-0.2, 0) is 16.4 Å². The van der Waals surface area contributed by atoms with Gasteiger partial charge in [0.15, 0.2) is 0 Å². The van der Waals surface area contributed by atoms with Gasteiger partial charge >= 0.3 is 5.97 Å². The Kier molecular flexibility index (Phi) is 7.15. The minimum Gasteiger partial charge on any atom is -0.478 e. The number of hydrogen-bond acceptors (Lipinski definition) is 6. The van der Waals surface area contributed by atoms with E-state index in [0.29, 0.717) is 19.5 Å². The highest BCUT2D eigenvalue weighted by Gasteiger charge is 2.22. The highest BCUT2D eigenvalue weighted by Crippen LogP contribution is 2.27. The number of sulfonamides is 1. The Hall–Kier alpha value is -3.09. The molecule has 9 heteroatoms. The van der Waals surface area contributed by atoms with Crippen LogP contribution in [0, 0.1) is 11.3 Å². The van der Waals surface area contributed by atoms with E-state index in [1.807, 2.05) is 6.92 Å². The van der Waals surface area contributed by atoms with Gasteiger partial charge in [-0.1, -0.05) is 19.1 Å². The fourth-order valence-electron chi connectivity index (χ4n) is 3.54. The van der Waals surface area contributed by atoms with Crippen LogP contribution in [0.15, 0.2) is 47.4 Å². The molecule has 3 rings (SSSR count). The van der Waals surface area contributed by atoms with Crippen molar-refractivity contribution in [3.05, 3.63) is 53.6 Å². The van der Waals surface area contributed by atoms with Crippen molar-refractivity contribution in [1.82, 2.24) is 4.90 Å². The summed E-state index contributed by atoms with van der Waals surface area (Å²) in [6, 6.07) is 13.4. The predicted molar refractivity (Wildman–Crippen MR) is 119 cm³/mol. The molecular weight excluding hydrogens is 416 g/mol. The van der Waals surface area contributed by atoms with Crippen LogP contribution in [0.2, 0.25) is 0 Å². The summed E-state index contributed by atoms with van der Waals surface area (Å²) in [6.45, 7) is 5.69. The Morgan fingerprint density at radius 2 is 1.81 bits per heavy atom. The largest absolute Gasteiger partial charge is 0.478 e. The van der Waals surface area contributed by atoms with Crippen molar-refractivity contribution in [2.24, 2.45) is 0 Å². The van der Waals surface area contributed by atoms with Gasteiger partial charge in [-0.3, -0.25) is 9.62 Å². The van der Waals surface area contributed by atoms with Crippen LogP contribution >= 0.6 is 0 Å². The first kappa shape index (κ1) is 22.6.